The minimum absolute atomic E-state index is 0.00817. The molecule has 8 rings (SSSR count). The molecule has 4 aromatic rings. The normalized spacial score (nSPS) is 20.2. The molecule has 3 aliphatic heterocycles. The Hall–Kier alpha value is -6.79. The Labute approximate surface area is 350 Å². The molecule has 4 aliphatic rings. The molecule has 1 aliphatic carbocycles. The molecule has 4 N–H and O–H groups in total. The van der Waals surface area contributed by atoms with Crippen LogP contribution < -0.4 is 26.0 Å². The number of hydrogen-bond acceptors (Lipinski definition) is 13. The Morgan fingerprint density at radius 3 is 2.49 bits per heavy atom. The summed E-state index contributed by atoms with van der Waals surface area (Å²) in [7, 11) is 0. The molecule has 6 heterocycles. The molecular weight excluding hydrogens is 787 g/mol. The summed E-state index contributed by atoms with van der Waals surface area (Å²) in [6.45, 7) is 3.10. The van der Waals surface area contributed by atoms with Gasteiger partial charge in [0.1, 0.15) is 29.3 Å². The van der Waals surface area contributed by atoms with Gasteiger partial charge in [0.2, 0.25) is 17.7 Å². The number of carbonyl (C=O) groups excluding carboxylic acids is 7. The molecule has 2 saturated heterocycles. The second-order valence-electron chi connectivity index (χ2n) is 15.9. The van der Waals surface area contributed by atoms with E-state index < -0.39 is 35.6 Å². The number of aryl methyl sites for hydroxylation is 1. The fourth-order valence-electron chi connectivity index (χ4n) is 8.32. The highest BCUT2D eigenvalue weighted by atomic mass is 16.5. The first-order valence-corrected chi connectivity index (χ1v) is 20.7. The zero-order valence-electron chi connectivity index (χ0n) is 33.7. The zero-order valence-corrected chi connectivity index (χ0v) is 33.7. The summed E-state index contributed by atoms with van der Waals surface area (Å²) in [6.07, 6.45) is 8.90. The lowest BCUT2D eigenvalue weighted by Gasteiger charge is -2.36. The predicted octanol–water partition coefficient (Wildman–Crippen LogP) is 2.22. The van der Waals surface area contributed by atoms with Crippen LogP contribution in [0.3, 0.4) is 0 Å². The molecule has 318 valence electrons. The molecule has 7 amide bonds. The third-order valence-corrected chi connectivity index (χ3v) is 11.7. The van der Waals surface area contributed by atoms with E-state index in [-0.39, 0.29) is 66.3 Å². The number of anilines is 1. The summed E-state index contributed by atoms with van der Waals surface area (Å²) in [4.78, 5) is 109. The quantitative estimate of drug-likeness (QED) is 0.0994. The van der Waals surface area contributed by atoms with Gasteiger partial charge in [-0.15, -0.1) is 0 Å². The van der Waals surface area contributed by atoms with Gasteiger partial charge in [-0.05, 0) is 76.1 Å². The van der Waals surface area contributed by atoms with Crippen LogP contribution in [0.2, 0.25) is 0 Å². The van der Waals surface area contributed by atoms with E-state index in [1.54, 1.807) is 12.4 Å². The minimum Gasteiger partial charge on any atom is -0.483 e. The number of imide groups is 2. The Bertz CT molecular complexity index is 2390. The van der Waals surface area contributed by atoms with Gasteiger partial charge < -0.3 is 30.2 Å². The largest absolute Gasteiger partial charge is 0.483 e. The van der Waals surface area contributed by atoms with Gasteiger partial charge in [0.25, 0.3) is 23.6 Å². The van der Waals surface area contributed by atoms with Gasteiger partial charge >= 0.3 is 0 Å². The number of hydrogen-bond donors (Lipinski definition) is 4. The first kappa shape index (κ1) is 41.0. The number of pyridine rings is 1. The number of carbonyl (C=O) groups is 7. The van der Waals surface area contributed by atoms with Gasteiger partial charge in [-0.3, -0.25) is 43.8 Å². The Morgan fingerprint density at radius 1 is 0.902 bits per heavy atom. The number of unbranched alkanes of at least 4 members (excludes halogenated alkanes) is 2. The van der Waals surface area contributed by atoms with Crippen LogP contribution in [0, 0.1) is 6.92 Å². The lowest BCUT2D eigenvalue weighted by Crippen LogP contribution is -2.54. The Morgan fingerprint density at radius 2 is 1.70 bits per heavy atom. The summed E-state index contributed by atoms with van der Waals surface area (Å²) >= 11 is 0. The van der Waals surface area contributed by atoms with E-state index in [1.165, 1.54) is 24.5 Å². The zero-order chi connectivity index (χ0) is 42.6. The number of benzene rings is 1. The summed E-state index contributed by atoms with van der Waals surface area (Å²) in [6, 6.07) is 9.09. The van der Waals surface area contributed by atoms with Crippen LogP contribution in [0.4, 0.5) is 5.82 Å². The third kappa shape index (κ3) is 8.90. The van der Waals surface area contributed by atoms with Crippen molar-refractivity contribution in [3.05, 3.63) is 71.6 Å². The molecule has 1 saturated carbocycles. The van der Waals surface area contributed by atoms with E-state index >= 15 is 0 Å². The summed E-state index contributed by atoms with van der Waals surface area (Å²) < 4.78 is 7.69. The smallest absolute Gasteiger partial charge is 0.270 e. The first-order chi connectivity index (χ1) is 29.5. The van der Waals surface area contributed by atoms with Crippen molar-refractivity contribution in [2.45, 2.75) is 95.3 Å². The lowest BCUT2D eigenvalue weighted by atomic mass is 9.86. The van der Waals surface area contributed by atoms with E-state index in [2.05, 4.69) is 41.2 Å². The van der Waals surface area contributed by atoms with E-state index in [0.717, 1.165) is 48.3 Å². The highest BCUT2D eigenvalue weighted by Gasteiger charge is 2.46. The molecule has 3 fully saturated rings. The molecule has 1 atom stereocenters. The van der Waals surface area contributed by atoms with Crippen molar-refractivity contribution in [1.82, 2.24) is 50.3 Å². The Kier molecular flexibility index (Phi) is 12.0. The fourth-order valence-corrected chi connectivity index (χ4v) is 8.32. The summed E-state index contributed by atoms with van der Waals surface area (Å²) in [5.41, 5.74) is 2.68. The summed E-state index contributed by atoms with van der Waals surface area (Å²) in [5.74, 6) is -2.31. The number of nitrogens with zero attached hydrogens (tertiary/aromatic N) is 7. The topological polar surface area (TPSA) is 240 Å². The molecule has 19 nitrogen and oxygen atoms in total. The first-order valence-electron chi connectivity index (χ1n) is 20.7. The second-order valence-corrected chi connectivity index (χ2v) is 15.9. The number of ether oxygens (including phenoxy) is 1. The van der Waals surface area contributed by atoms with Gasteiger partial charge in [0, 0.05) is 56.3 Å². The third-order valence-electron chi connectivity index (χ3n) is 11.7. The van der Waals surface area contributed by atoms with Crippen molar-refractivity contribution in [2.24, 2.45) is 0 Å². The van der Waals surface area contributed by atoms with Crippen LogP contribution >= 0.6 is 0 Å². The highest BCUT2D eigenvalue weighted by Crippen LogP contribution is 2.36. The van der Waals surface area contributed by atoms with Gasteiger partial charge in [-0.2, -0.15) is 0 Å². The predicted molar refractivity (Wildman–Crippen MR) is 217 cm³/mol. The molecule has 0 spiro atoms. The number of piperidine rings is 2. The molecule has 3 aromatic heterocycles. The van der Waals surface area contributed by atoms with Crippen LogP contribution in [-0.2, 0) is 19.2 Å². The molecule has 19 heteroatoms. The van der Waals surface area contributed by atoms with Crippen molar-refractivity contribution >= 4 is 58.3 Å². The van der Waals surface area contributed by atoms with E-state index in [1.807, 2.05) is 28.5 Å². The second kappa shape index (κ2) is 17.8. The van der Waals surface area contributed by atoms with Crippen molar-refractivity contribution in [2.75, 3.05) is 31.6 Å². The van der Waals surface area contributed by atoms with Gasteiger partial charge in [-0.1, -0.05) is 18.6 Å². The molecule has 0 radical (unpaired) electrons. The highest BCUT2D eigenvalue weighted by molar-refractivity contribution is 6.24. The molecule has 0 bridgehead atoms. The standard InChI is InChI=1S/C42H47N11O8/c1-24-7-5-9-29(47-24)39(57)49-26-19-27(20-26)52-23-46-36-37(44-22-45-38(36)52)48-25-14-17-51(18-15-25)34(56)11-3-2-4-16-43-33(55)21-61-31-10-6-8-28-35(31)42(60)53(41(28)59)30-12-13-32(54)50-40(30)58/h5-10,22-23,25-27,30H,2-4,11-21H2,1H3,(H,43,55)(H,49,57)(H,44,45,48)(H,50,54,58)/t26?,27?,30-/m1/s1. The average Bonchev–Trinajstić information content (AvgIpc) is 3.78. The van der Waals surface area contributed by atoms with E-state index in [4.69, 9.17) is 4.74 Å². The minimum atomic E-state index is -1.10. The van der Waals surface area contributed by atoms with Gasteiger partial charge in [-0.25, -0.2) is 19.9 Å². The average molecular weight is 834 g/mol. The van der Waals surface area contributed by atoms with Crippen molar-refractivity contribution < 1.29 is 38.3 Å². The van der Waals surface area contributed by atoms with E-state index in [0.29, 0.717) is 55.9 Å². The maximum Gasteiger partial charge on any atom is 0.270 e. The van der Waals surface area contributed by atoms with E-state index in [9.17, 15) is 33.6 Å². The van der Waals surface area contributed by atoms with Crippen molar-refractivity contribution in [3.63, 3.8) is 0 Å². The van der Waals surface area contributed by atoms with Crippen molar-refractivity contribution in [3.8, 4) is 5.75 Å². The molecule has 1 aromatic carbocycles. The van der Waals surface area contributed by atoms with Crippen LogP contribution in [0.15, 0.2) is 49.1 Å². The van der Waals surface area contributed by atoms with Gasteiger partial charge in [0.05, 0.1) is 17.5 Å². The van der Waals surface area contributed by atoms with Crippen LogP contribution in [0.25, 0.3) is 11.2 Å². The maximum absolute atomic E-state index is 13.2. The number of imidazole rings is 1. The summed E-state index contributed by atoms with van der Waals surface area (Å²) in [5, 5.41) is 11.5. The fraction of sp³-hybridized carbons (Fsp3) is 0.452. The number of amides is 7. The van der Waals surface area contributed by atoms with Crippen LogP contribution in [0.1, 0.15) is 107 Å². The molecule has 61 heavy (non-hydrogen) atoms. The number of rotatable bonds is 15. The number of fused-ring (bicyclic) bond motifs is 2. The number of aromatic nitrogens is 5. The van der Waals surface area contributed by atoms with Gasteiger partial charge in [0.15, 0.2) is 18.1 Å². The van der Waals surface area contributed by atoms with Crippen LogP contribution in [0.5, 0.6) is 5.75 Å². The SMILES string of the molecule is Cc1cccc(C(=O)NC2CC(n3cnc4c(NC5CCN(C(=O)CCCCCNC(=O)COc6cccc7c6C(=O)N([C@@H]6CCC(=O)NC6=O)C7=O)CC5)ncnc43)C2)n1. The Balaban J connectivity index is 0.713. The van der Waals surface area contributed by atoms with Crippen LogP contribution in [-0.4, -0.2) is 120 Å². The molecule has 0 unspecified atom stereocenters. The monoisotopic (exact) mass is 833 g/mol. The molecular formula is C42H47N11O8. The lowest BCUT2D eigenvalue weighted by molar-refractivity contribution is -0.136. The number of nitrogens with one attached hydrogen (secondary N) is 4. The van der Waals surface area contributed by atoms with Crippen molar-refractivity contribution in [1.29, 1.82) is 0 Å². The maximum atomic E-state index is 13.2. The number of likely N-dealkylation sites (tertiary alicyclic amines) is 1.